The van der Waals surface area contributed by atoms with E-state index < -0.39 is 18.2 Å². The number of aromatic hydroxyl groups is 2. The maximum Gasteiger partial charge on any atom is 0.337 e. The molecule has 0 aliphatic rings. The number of phenols is 2. The largest absolute Gasteiger partial charge is 0.508 e. The van der Waals surface area contributed by atoms with Crippen LogP contribution in [0.4, 0.5) is 0 Å². The lowest BCUT2D eigenvalue weighted by Gasteiger charge is -2.17. The van der Waals surface area contributed by atoms with Crippen molar-refractivity contribution in [3.63, 3.8) is 0 Å². The molecule has 0 radical (unpaired) electrons. The molecule has 0 aliphatic carbocycles. The van der Waals surface area contributed by atoms with Gasteiger partial charge >= 0.3 is 5.97 Å². The Kier molecular flexibility index (Phi) is 3.70. The van der Waals surface area contributed by atoms with E-state index in [1.54, 1.807) is 0 Å². The first-order chi connectivity index (χ1) is 7.47. The second kappa shape index (κ2) is 4.82. The van der Waals surface area contributed by atoms with Crippen LogP contribution < -0.4 is 0 Å². The van der Waals surface area contributed by atoms with Gasteiger partial charge in [-0.25, -0.2) is 4.79 Å². The molecule has 88 valence electrons. The number of hydrogen-bond donors (Lipinski definition) is 4. The Morgan fingerprint density at radius 2 is 1.94 bits per heavy atom. The molecule has 0 fully saturated rings. The van der Waals surface area contributed by atoms with Crippen LogP contribution >= 0.6 is 0 Å². The maximum absolute atomic E-state index is 10.9. The molecular formula is C10H12O6. The van der Waals surface area contributed by atoms with E-state index in [4.69, 9.17) is 5.11 Å². The fourth-order valence-corrected chi connectivity index (χ4v) is 1.20. The van der Waals surface area contributed by atoms with Gasteiger partial charge in [0.2, 0.25) is 0 Å². The van der Waals surface area contributed by atoms with Crippen molar-refractivity contribution in [2.24, 2.45) is 0 Å². The Morgan fingerprint density at radius 3 is 2.50 bits per heavy atom. The molecule has 2 unspecified atom stereocenters. The molecule has 0 amide bonds. The third kappa shape index (κ3) is 2.41. The van der Waals surface area contributed by atoms with Gasteiger partial charge in [0.15, 0.2) is 6.10 Å². The Bertz CT molecular complexity index is 389. The smallest absolute Gasteiger partial charge is 0.337 e. The number of benzene rings is 1. The highest BCUT2D eigenvalue weighted by atomic mass is 16.5. The first-order valence-corrected chi connectivity index (χ1v) is 4.43. The number of phenolic OH excluding ortho intramolecular Hbond substituents is 2. The number of aliphatic hydroxyl groups is 2. The molecular weight excluding hydrogens is 216 g/mol. The number of carbonyl (C=O) groups is 1. The van der Waals surface area contributed by atoms with Crippen molar-refractivity contribution in [3.05, 3.63) is 23.8 Å². The van der Waals surface area contributed by atoms with Crippen LogP contribution in [0, 0.1) is 0 Å². The summed E-state index contributed by atoms with van der Waals surface area (Å²) in [5, 5.41) is 37.4. The lowest BCUT2D eigenvalue weighted by atomic mass is 10.0. The van der Waals surface area contributed by atoms with E-state index in [-0.39, 0.29) is 17.1 Å². The van der Waals surface area contributed by atoms with E-state index in [9.17, 15) is 20.1 Å². The van der Waals surface area contributed by atoms with Crippen LogP contribution in [0.25, 0.3) is 0 Å². The summed E-state index contributed by atoms with van der Waals surface area (Å²) in [5.74, 6) is -1.58. The highest BCUT2D eigenvalue weighted by Gasteiger charge is 2.28. The topological polar surface area (TPSA) is 107 Å². The highest BCUT2D eigenvalue weighted by Crippen LogP contribution is 2.29. The molecule has 0 aromatic heterocycles. The zero-order chi connectivity index (χ0) is 12.3. The van der Waals surface area contributed by atoms with Crippen molar-refractivity contribution < 1.29 is 30.0 Å². The zero-order valence-corrected chi connectivity index (χ0v) is 8.49. The van der Waals surface area contributed by atoms with Gasteiger partial charge in [-0.15, -0.1) is 0 Å². The summed E-state index contributed by atoms with van der Waals surface area (Å²) in [4.78, 5) is 10.9. The lowest BCUT2D eigenvalue weighted by Crippen LogP contribution is -2.29. The highest BCUT2D eigenvalue weighted by molar-refractivity contribution is 5.75. The molecule has 0 heterocycles. The predicted octanol–water partition coefficient (Wildman–Crippen LogP) is -0.335. The SMILES string of the molecule is COC(=O)C(O)C(O)c1cc(O)ccc1O. The first kappa shape index (κ1) is 12.3. The van der Waals surface area contributed by atoms with Gasteiger partial charge in [0, 0.05) is 5.56 Å². The molecule has 0 saturated carbocycles. The Hall–Kier alpha value is -1.79. The monoisotopic (exact) mass is 228 g/mol. The van der Waals surface area contributed by atoms with Gasteiger partial charge in [-0.3, -0.25) is 0 Å². The summed E-state index contributed by atoms with van der Waals surface area (Å²) in [6, 6.07) is 3.39. The zero-order valence-electron chi connectivity index (χ0n) is 8.49. The number of carbonyl (C=O) groups excluding carboxylic acids is 1. The minimum atomic E-state index is -1.82. The van der Waals surface area contributed by atoms with Crippen LogP contribution in [-0.2, 0) is 9.53 Å². The molecule has 1 rings (SSSR count). The van der Waals surface area contributed by atoms with E-state index in [1.807, 2.05) is 0 Å². The van der Waals surface area contributed by atoms with E-state index in [2.05, 4.69) is 4.74 Å². The summed E-state index contributed by atoms with van der Waals surface area (Å²) < 4.78 is 4.23. The molecule has 2 atom stereocenters. The van der Waals surface area contributed by atoms with Crippen molar-refractivity contribution in [3.8, 4) is 11.5 Å². The number of esters is 1. The number of methoxy groups -OCH3 is 1. The minimum Gasteiger partial charge on any atom is -0.508 e. The number of aliphatic hydroxyl groups excluding tert-OH is 2. The third-order valence-corrected chi connectivity index (χ3v) is 2.07. The fraction of sp³-hybridized carbons (Fsp3) is 0.300. The maximum atomic E-state index is 10.9. The molecule has 0 bridgehead atoms. The Balaban J connectivity index is 2.99. The van der Waals surface area contributed by atoms with Gasteiger partial charge in [-0.05, 0) is 18.2 Å². The van der Waals surface area contributed by atoms with E-state index >= 15 is 0 Å². The lowest BCUT2D eigenvalue weighted by molar-refractivity contribution is -0.156. The molecule has 16 heavy (non-hydrogen) atoms. The average Bonchev–Trinajstić information content (AvgIpc) is 2.29. The molecule has 0 spiro atoms. The first-order valence-electron chi connectivity index (χ1n) is 4.43. The molecule has 1 aromatic carbocycles. The summed E-state index contributed by atoms with van der Waals surface area (Å²) >= 11 is 0. The summed E-state index contributed by atoms with van der Waals surface area (Å²) in [7, 11) is 1.06. The van der Waals surface area contributed by atoms with E-state index in [0.717, 1.165) is 19.2 Å². The van der Waals surface area contributed by atoms with Crippen molar-refractivity contribution in [2.45, 2.75) is 12.2 Å². The Labute approximate surface area is 91.3 Å². The summed E-state index contributed by atoms with van der Waals surface area (Å²) in [6.45, 7) is 0. The second-order valence-corrected chi connectivity index (χ2v) is 3.16. The average molecular weight is 228 g/mol. The summed E-state index contributed by atoms with van der Waals surface area (Å²) in [6.07, 6.45) is -3.49. The van der Waals surface area contributed by atoms with E-state index in [0.29, 0.717) is 0 Å². The van der Waals surface area contributed by atoms with Gasteiger partial charge in [-0.2, -0.15) is 0 Å². The van der Waals surface area contributed by atoms with Gasteiger partial charge < -0.3 is 25.2 Å². The number of ether oxygens (including phenoxy) is 1. The second-order valence-electron chi connectivity index (χ2n) is 3.16. The van der Waals surface area contributed by atoms with Crippen molar-refractivity contribution in [1.29, 1.82) is 0 Å². The van der Waals surface area contributed by atoms with Crippen LogP contribution in [-0.4, -0.2) is 39.6 Å². The van der Waals surface area contributed by atoms with Gasteiger partial charge in [-0.1, -0.05) is 0 Å². The molecule has 0 saturated heterocycles. The van der Waals surface area contributed by atoms with Crippen LogP contribution in [0.2, 0.25) is 0 Å². The molecule has 4 N–H and O–H groups in total. The standard InChI is InChI=1S/C10H12O6/c1-16-10(15)9(14)8(13)6-4-5(11)2-3-7(6)12/h2-4,8-9,11-14H,1H3. The summed E-state index contributed by atoms with van der Waals surface area (Å²) in [5.41, 5.74) is -0.155. The predicted molar refractivity (Wildman–Crippen MR) is 52.8 cm³/mol. The van der Waals surface area contributed by atoms with Crippen molar-refractivity contribution in [2.75, 3.05) is 7.11 Å². The quantitative estimate of drug-likeness (QED) is 0.416. The van der Waals surface area contributed by atoms with Crippen molar-refractivity contribution in [1.82, 2.24) is 0 Å². The molecule has 6 nitrogen and oxygen atoms in total. The molecule has 0 aliphatic heterocycles. The minimum absolute atomic E-state index is 0.155. The van der Waals surface area contributed by atoms with Crippen LogP contribution in [0.3, 0.4) is 0 Å². The molecule has 6 heteroatoms. The number of rotatable bonds is 3. The third-order valence-electron chi connectivity index (χ3n) is 2.07. The number of hydrogen-bond acceptors (Lipinski definition) is 6. The Morgan fingerprint density at radius 1 is 1.31 bits per heavy atom. The van der Waals surface area contributed by atoms with Crippen molar-refractivity contribution >= 4 is 5.97 Å². The van der Waals surface area contributed by atoms with E-state index in [1.165, 1.54) is 6.07 Å². The van der Waals surface area contributed by atoms with Crippen LogP contribution in [0.15, 0.2) is 18.2 Å². The van der Waals surface area contributed by atoms with Gasteiger partial charge in [0.05, 0.1) is 7.11 Å². The normalized spacial score (nSPS) is 14.2. The van der Waals surface area contributed by atoms with Crippen LogP contribution in [0.1, 0.15) is 11.7 Å². The fourth-order valence-electron chi connectivity index (χ4n) is 1.20. The van der Waals surface area contributed by atoms with Gasteiger partial charge in [0.25, 0.3) is 0 Å². The van der Waals surface area contributed by atoms with Gasteiger partial charge in [0.1, 0.15) is 17.6 Å². The molecule has 1 aromatic rings. The van der Waals surface area contributed by atoms with Crippen LogP contribution in [0.5, 0.6) is 11.5 Å².